The molecule has 2 aromatic heterocycles. The zero-order valence-corrected chi connectivity index (χ0v) is 15.5. The molecule has 0 aliphatic carbocycles. The van der Waals surface area contributed by atoms with E-state index in [4.69, 9.17) is 4.74 Å². The maximum Gasteiger partial charge on any atom is 0.191 e. The quantitative estimate of drug-likeness (QED) is 0.529. The Kier molecular flexibility index (Phi) is 5.73. The van der Waals surface area contributed by atoms with E-state index in [9.17, 15) is 0 Å². The molecule has 0 unspecified atom stereocenters. The van der Waals surface area contributed by atoms with Gasteiger partial charge < -0.3 is 19.8 Å². The van der Waals surface area contributed by atoms with Crippen LogP contribution in [0.3, 0.4) is 0 Å². The van der Waals surface area contributed by atoms with Crippen LogP contribution in [0.2, 0.25) is 0 Å². The summed E-state index contributed by atoms with van der Waals surface area (Å²) in [6.45, 7) is 6.07. The number of nitrogens with zero attached hydrogens (tertiary/aromatic N) is 3. The number of methoxy groups -OCH3 is 1. The van der Waals surface area contributed by atoms with E-state index in [0.717, 1.165) is 40.9 Å². The van der Waals surface area contributed by atoms with E-state index < -0.39 is 0 Å². The normalized spacial score (nSPS) is 11.6. The van der Waals surface area contributed by atoms with Crippen LogP contribution in [0.4, 0.5) is 0 Å². The molecule has 26 heavy (non-hydrogen) atoms. The van der Waals surface area contributed by atoms with Crippen molar-refractivity contribution < 1.29 is 4.74 Å². The highest BCUT2D eigenvalue weighted by atomic mass is 16.5. The predicted octanol–water partition coefficient (Wildman–Crippen LogP) is 2.91. The number of fused-ring (bicyclic) bond motifs is 1. The molecule has 0 amide bonds. The molecule has 0 bridgehead atoms. The number of pyridine rings is 1. The van der Waals surface area contributed by atoms with Gasteiger partial charge in [-0.3, -0.25) is 0 Å². The van der Waals surface area contributed by atoms with Crippen molar-refractivity contribution in [2.45, 2.75) is 26.9 Å². The van der Waals surface area contributed by atoms with Gasteiger partial charge in [0.05, 0.1) is 25.9 Å². The van der Waals surface area contributed by atoms with Gasteiger partial charge in [0.1, 0.15) is 11.4 Å². The van der Waals surface area contributed by atoms with Crippen molar-refractivity contribution in [3.8, 4) is 5.75 Å². The molecular weight excluding hydrogens is 326 g/mol. The zero-order chi connectivity index (χ0) is 18.4. The maximum absolute atomic E-state index is 5.39. The van der Waals surface area contributed by atoms with Gasteiger partial charge in [0, 0.05) is 24.0 Å². The Balaban J connectivity index is 1.70. The lowest BCUT2D eigenvalue weighted by atomic mass is 10.2. The molecule has 0 fully saturated rings. The Labute approximate surface area is 153 Å². The molecule has 0 saturated heterocycles. The number of hydrogen-bond acceptors (Lipinski definition) is 3. The van der Waals surface area contributed by atoms with Crippen LogP contribution >= 0.6 is 0 Å². The van der Waals surface area contributed by atoms with E-state index in [0.29, 0.717) is 13.1 Å². The van der Waals surface area contributed by atoms with Gasteiger partial charge in [-0.05, 0) is 32.0 Å². The zero-order valence-electron chi connectivity index (χ0n) is 15.5. The summed E-state index contributed by atoms with van der Waals surface area (Å²) >= 11 is 0. The Morgan fingerprint density at radius 3 is 2.77 bits per heavy atom. The number of hydrogen-bond donors (Lipinski definition) is 2. The molecule has 6 nitrogen and oxygen atoms in total. The fourth-order valence-corrected chi connectivity index (χ4v) is 2.80. The van der Waals surface area contributed by atoms with E-state index in [-0.39, 0.29) is 0 Å². The highest BCUT2D eigenvalue weighted by molar-refractivity contribution is 5.79. The van der Waals surface area contributed by atoms with Crippen LogP contribution in [-0.4, -0.2) is 29.0 Å². The number of imidazole rings is 1. The molecular formula is C20H25N5O. The first-order valence-electron chi connectivity index (χ1n) is 8.79. The summed E-state index contributed by atoms with van der Waals surface area (Å²) in [6.07, 6.45) is 2.06. The third-order valence-electron chi connectivity index (χ3n) is 4.13. The predicted molar refractivity (Wildman–Crippen MR) is 105 cm³/mol. The monoisotopic (exact) mass is 351 g/mol. The molecule has 0 aliphatic rings. The van der Waals surface area contributed by atoms with E-state index >= 15 is 0 Å². The van der Waals surface area contributed by atoms with E-state index in [1.54, 1.807) is 7.11 Å². The van der Waals surface area contributed by atoms with Crippen LogP contribution in [-0.2, 0) is 13.1 Å². The minimum Gasteiger partial charge on any atom is -0.496 e. The summed E-state index contributed by atoms with van der Waals surface area (Å²) in [5.41, 5.74) is 4.15. The minimum absolute atomic E-state index is 0.545. The molecule has 0 radical (unpaired) electrons. The van der Waals surface area contributed by atoms with Crippen molar-refractivity contribution in [2.75, 3.05) is 13.7 Å². The van der Waals surface area contributed by atoms with Gasteiger partial charge in [-0.2, -0.15) is 0 Å². The van der Waals surface area contributed by atoms with E-state index in [2.05, 4.69) is 51.1 Å². The number of aliphatic imine (C=N–C) groups is 1. The van der Waals surface area contributed by atoms with Crippen molar-refractivity contribution in [3.05, 3.63) is 65.6 Å². The largest absolute Gasteiger partial charge is 0.496 e. The second-order valence-corrected chi connectivity index (χ2v) is 5.99. The third kappa shape index (κ3) is 4.14. The van der Waals surface area contributed by atoms with Crippen LogP contribution in [0.25, 0.3) is 5.65 Å². The summed E-state index contributed by atoms with van der Waals surface area (Å²) in [4.78, 5) is 9.31. The standard InChI is InChI=1S/C20H25N5O/c1-4-21-20(22-12-16-9-5-6-10-18(16)26-3)23-13-17-14-25-15(2)8-7-11-19(25)24-17/h5-11,14H,4,12-13H2,1-3H3,(H2,21,22,23). The summed E-state index contributed by atoms with van der Waals surface area (Å²) < 4.78 is 7.48. The SMILES string of the molecule is CCNC(=NCc1ccccc1OC)NCc1cn2c(C)cccc2n1. The van der Waals surface area contributed by atoms with Gasteiger partial charge in [-0.15, -0.1) is 0 Å². The van der Waals surface area contributed by atoms with Crippen LogP contribution in [0.1, 0.15) is 23.9 Å². The van der Waals surface area contributed by atoms with Crippen molar-refractivity contribution >= 4 is 11.6 Å². The lowest BCUT2D eigenvalue weighted by Crippen LogP contribution is -2.36. The number of para-hydroxylation sites is 1. The number of benzene rings is 1. The van der Waals surface area contributed by atoms with Gasteiger partial charge in [0.15, 0.2) is 5.96 Å². The van der Waals surface area contributed by atoms with Crippen molar-refractivity contribution in [2.24, 2.45) is 4.99 Å². The number of guanidine groups is 1. The number of nitrogens with one attached hydrogen (secondary N) is 2. The van der Waals surface area contributed by atoms with Gasteiger partial charge in [-0.25, -0.2) is 9.98 Å². The van der Waals surface area contributed by atoms with Crippen molar-refractivity contribution in [3.63, 3.8) is 0 Å². The second kappa shape index (κ2) is 8.38. The fraction of sp³-hybridized carbons (Fsp3) is 0.300. The average molecular weight is 351 g/mol. The van der Waals surface area contributed by atoms with Gasteiger partial charge in [-0.1, -0.05) is 24.3 Å². The molecule has 136 valence electrons. The van der Waals surface area contributed by atoms with Gasteiger partial charge in [0.25, 0.3) is 0 Å². The third-order valence-corrected chi connectivity index (χ3v) is 4.13. The van der Waals surface area contributed by atoms with Crippen molar-refractivity contribution in [1.82, 2.24) is 20.0 Å². The molecule has 0 saturated carbocycles. The molecule has 0 atom stereocenters. The Bertz CT molecular complexity index is 900. The molecule has 0 aliphatic heterocycles. The first-order chi connectivity index (χ1) is 12.7. The van der Waals surface area contributed by atoms with Gasteiger partial charge in [0.2, 0.25) is 0 Å². The lowest BCUT2D eigenvalue weighted by Gasteiger charge is -2.11. The smallest absolute Gasteiger partial charge is 0.191 e. The maximum atomic E-state index is 5.39. The van der Waals surface area contributed by atoms with Gasteiger partial charge >= 0.3 is 0 Å². The molecule has 2 heterocycles. The molecule has 3 aromatic rings. The van der Waals surface area contributed by atoms with E-state index in [1.807, 2.05) is 36.4 Å². The molecule has 0 spiro atoms. The summed E-state index contributed by atoms with van der Waals surface area (Å²) in [5, 5.41) is 6.62. The number of ether oxygens (including phenoxy) is 1. The highest BCUT2D eigenvalue weighted by Crippen LogP contribution is 2.17. The average Bonchev–Trinajstić information content (AvgIpc) is 3.09. The van der Waals surface area contributed by atoms with E-state index in [1.165, 1.54) is 0 Å². The highest BCUT2D eigenvalue weighted by Gasteiger charge is 2.05. The van der Waals surface area contributed by atoms with Crippen LogP contribution in [0, 0.1) is 6.92 Å². The number of aryl methyl sites for hydroxylation is 1. The molecule has 6 heteroatoms. The summed E-state index contributed by atoms with van der Waals surface area (Å²) in [5.74, 6) is 1.61. The lowest BCUT2D eigenvalue weighted by molar-refractivity contribution is 0.410. The van der Waals surface area contributed by atoms with Crippen LogP contribution < -0.4 is 15.4 Å². The van der Waals surface area contributed by atoms with Crippen LogP contribution in [0.5, 0.6) is 5.75 Å². The molecule has 1 aromatic carbocycles. The van der Waals surface area contributed by atoms with Crippen molar-refractivity contribution in [1.29, 1.82) is 0 Å². The first kappa shape index (κ1) is 17.8. The Morgan fingerprint density at radius 1 is 1.15 bits per heavy atom. The second-order valence-electron chi connectivity index (χ2n) is 5.99. The molecule has 2 N–H and O–H groups in total. The summed E-state index contributed by atoms with van der Waals surface area (Å²) in [7, 11) is 1.68. The number of aromatic nitrogens is 2. The first-order valence-corrected chi connectivity index (χ1v) is 8.79. The molecule has 3 rings (SSSR count). The van der Waals surface area contributed by atoms with Crippen LogP contribution in [0.15, 0.2) is 53.7 Å². The minimum atomic E-state index is 0.545. The Hall–Kier alpha value is -3.02. The Morgan fingerprint density at radius 2 is 2.00 bits per heavy atom. The summed E-state index contributed by atoms with van der Waals surface area (Å²) in [6, 6.07) is 14.0. The number of rotatable bonds is 6. The topological polar surface area (TPSA) is 63.0 Å². The fourth-order valence-electron chi connectivity index (χ4n) is 2.80.